The number of pyridine rings is 1. The summed E-state index contributed by atoms with van der Waals surface area (Å²) in [6, 6.07) is 11.0. The van der Waals surface area contributed by atoms with Crippen LogP contribution in [0.3, 0.4) is 0 Å². The number of hydrogen-bond acceptors (Lipinski definition) is 6. The summed E-state index contributed by atoms with van der Waals surface area (Å²) in [6.07, 6.45) is 2.44. The summed E-state index contributed by atoms with van der Waals surface area (Å²) in [4.78, 5) is 21.2. The van der Waals surface area contributed by atoms with Gasteiger partial charge in [-0.25, -0.2) is 4.98 Å². The van der Waals surface area contributed by atoms with E-state index in [2.05, 4.69) is 16.0 Å². The van der Waals surface area contributed by atoms with Crippen LogP contribution in [0.25, 0.3) is 0 Å². The van der Waals surface area contributed by atoms with Crippen molar-refractivity contribution in [3.05, 3.63) is 47.7 Å². The molecule has 0 aliphatic carbocycles. The Morgan fingerprint density at radius 2 is 1.96 bits per heavy atom. The van der Waals surface area contributed by atoms with E-state index in [1.165, 1.54) is 0 Å². The van der Waals surface area contributed by atoms with Crippen LogP contribution in [0.4, 0.5) is 5.82 Å². The second-order valence-electron chi connectivity index (χ2n) is 6.22. The molecular weight excluding hydrogens is 332 g/mol. The first-order chi connectivity index (χ1) is 12.7. The van der Waals surface area contributed by atoms with Gasteiger partial charge in [0, 0.05) is 37.9 Å². The molecule has 7 heteroatoms. The third-order valence-electron chi connectivity index (χ3n) is 4.60. The normalized spacial score (nSPS) is 16.1. The number of carbonyl (C=O) groups is 1. The Balaban J connectivity index is 1.44. The maximum Gasteiger partial charge on any atom is 0.254 e. The van der Waals surface area contributed by atoms with Gasteiger partial charge in [0.25, 0.3) is 5.91 Å². The van der Waals surface area contributed by atoms with Crippen molar-refractivity contribution in [3.8, 4) is 17.6 Å². The third-order valence-corrected chi connectivity index (χ3v) is 4.60. The van der Waals surface area contributed by atoms with Crippen LogP contribution >= 0.6 is 0 Å². The monoisotopic (exact) mass is 350 g/mol. The molecular formula is C19H18N4O3. The summed E-state index contributed by atoms with van der Waals surface area (Å²) in [5.41, 5.74) is 1.15. The molecule has 7 nitrogen and oxygen atoms in total. The molecule has 1 amide bonds. The second kappa shape index (κ2) is 6.92. The Bertz CT molecular complexity index is 860. The van der Waals surface area contributed by atoms with Crippen LogP contribution in [0.5, 0.6) is 11.5 Å². The number of hydrogen-bond donors (Lipinski definition) is 0. The van der Waals surface area contributed by atoms with Crippen molar-refractivity contribution >= 4 is 11.7 Å². The Morgan fingerprint density at radius 1 is 1.08 bits per heavy atom. The zero-order valence-electron chi connectivity index (χ0n) is 14.2. The molecule has 2 aliphatic rings. The van der Waals surface area contributed by atoms with E-state index in [0.29, 0.717) is 42.3 Å². The van der Waals surface area contributed by atoms with Gasteiger partial charge in [0.2, 0.25) is 6.79 Å². The topological polar surface area (TPSA) is 78.7 Å². The van der Waals surface area contributed by atoms with Crippen LogP contribution in [-0.2, 0) is 0 Å². The molecule has 0 N–H and O–H groups in total. The van der Waals surface area contributed by atoms with Crippen LogP contribution < -0.4 is 14.4 Å². The summed E-state index contributed by atoms with van der Waals surface area (Å²) in [5, 5.41) is 8.88. The molecule has 0 atom stereocenters. The molecule has 0 saturated carbocycles. The summed E-state index contributed by atoms with van der Waals surface area (Å²) >= 11 is 0. The fraction of sp³-hybridized carbons (Fsp3) is 0.316. The third kappa shape index (κ3) is 3.14. The van der Waals surface area contributed by atoms with E-state index in [1.807, 2.05) is 11.0 Å². The standard InChI is InChI=1S/C19H18N4O3/c20-11-14-2-5-18(21-12-14)22-6-1-7-23(9-8-22)19(24)15-3-4-16-17(10-15)26-13-25-16/h2-5,10,12H,1,6-9,13H2. The number of anilines is 1. The minimum absolute atomic E-state index is 0.00191. The Kier molecular flexibility index (Phi) is 4.32. The van der Waals surface area contributed by atoms with Crippen molar-refractivity contribution in [3.63, 3.8) is 0 Å². The lowest BCUT2D eigenvalue weighted by Gasteiger charge is -2.23. The van der Waals surface area contributed by atoms with Gasteiger partial charge in [-0.3, -0.25) is 4.79 Å². The highest BCUT2D eigenvalue weighted by Crippen LogP contribution is 2.32. The smallest absolute Gasteiger partial charge is 0.254 e. The highest BCUT2D eigenvalue weighted by molar-refractivity contribution is 5.95. The first-order valence-electron chi connectivity index (χ1n) is 8.54. The zero-order chi connectivity index (χ0) is 17.9. The zero-order valence-corrected chi connectivity index (χ0v) is 14.2. The van der Waals surface area contributed by atoms with E-state index in [9.17, 15) is 4.79 Å². The maximum atomic E-state index is 12.8. The average molecular weight is 350 g/mol. The van der Waals surface area contributed by atoms with E-state index >= 15 is 0 Å². The van der Waals surface area contributed by atoms with Gasteiger partial charge in [0.05, 0.1) is 5.56 Å². The summed E-state index contributed by atoms with van der Waals surface area (Å²) in [5.74, 6) is 2.13. The van der Waals surface area contributed by atoms with E-state index in [-0.39, 0.29) is 12.7 Å². The summed E-state index contributed by atoms with van der Waals surface area (Å²) in [7, 11) is 0. The van der Waals surface area contributed by atoms with E-state index in [0.717, 1.165) is 18.8 Å². The quantitative estimate of drug-likeness (QED) is 0.825. The van der Waals surface area contributed by atoms with Crippen LogP contribution in [0.1, 0.15) is 22.3 Å². The molecule has 26 heavy (non-hydrogen) atoms. The first kappa shape index (κ1) is 16.2. The summed E-state index contributed by atoms with van der Waals surface area (Å²) < 4.78 is 10.7. The molecule has 1 aromatic carbocycles. The van der Waals surface area contributed by atoms with Gasteiger partial charge >= 0.3 is 0 Å². The van der Waals surface area contributed by atoms with Gasteiger partial charge in [-0.2, -0.15) is 5.26 Å². The molecule has 1 saturated heterocycles. The molecule has 0 radical (unpaired) electrons. The molecule has 2 aliphatic heterocycles. The Hall–Kier alpha value is -3.27. The van der Waals surface area contributed by atoms with Crippen molar-refractivity contribution in [2.45, 2.75) is 6.42 Å². The van der Waals surface area contributed by atoms with Gasteiger partial charge in [-0.05, 0) is 36.8 Å². The predicted octanol–water partition coefficient (Wildman–Crippen LogP) is 2.03. The average Bonchev–Trinajstić information content (AvgIpc) is 3.02. The molecule has 132 valence electrons. The fourth-order valence-electron chi connectivity index (χ4n) is 3.20. The van der Waals surface area contributed by atoms with Crippen LogP contribution in [0.2, 0.25) is 0 Å². The molecule has 4 rings (SSSR count). The number of ether oxygens (including phenoxy) is 2. The van der Waals surface area contributed by atoms with Crippen LogP contribution in [0.15, 0.2) is 36.5 Å². The number of fused-ring (bicyclic) bond motifs is 1. The highest BCUT2D eigenvalue weighted by atomic mass is 16.7. The minimum Gasteiger partial charge on any atom is -0.454 e. The number of aromatic nitrogens is 1. The highest BCUT2D eigenvalue weighted by Gasteiger charge is 2.23. The fourth-order valence-corrected chi connectivity index (χ4v) is 3.20. The molecule has 2 aromatic rings. The Labute approximate surface area is 151 Å². The number of rotatable bonds is 2. The number of carbonyl (C=O) groups excluding carboxylic acids is 1. The Morgan fingerprint density at radius 3 is 2.77 bits per heavy atom. The minimum atomic E-state index is -0.00191. The SMILES string of the molecule is N#Cc1ccc(N2CCCN(C(=O)c3ccc4c(c3)OCO4)CC2)nc1. The van der Waals surface area contributed by atoms with Crippen molar-refractivity contribution in [1.29, 1.82) is 5.26 Å². The maximum absolute atomic E-state index is 12.8. The molecule has 0 bridgehead atoms. The lowest BCUT2D eigenvalue weighted by atomic mass is 10.1. The van der Waals surface area contributed by atoms with E-state index in [4.69, 9.17) is 14.7 Å². The van der Waals surface area contributed by atoms with Gasteiger partial charge in [-0.1, -0.05) is 0 Å². The van der Waals surface area contributed by atoms with Crippen molar-refractivity contribution in [1.82, 2.24) is 9.88 Å². The molecule has 1 fully saturated rings. The van der Waals surface area contributed by atoms with Crippen LogP contribution in [-0.4, -0.2) is 48.8 Å². The lowest BCUT2D eigenvalue weighted by molar-refractivity contribution is 0.0766. The molecule has 3 heterocycles. The first-order valence-corrected chi connectivity index (χ1v) is 8.54. The van der Waals surface area contributed by atoms with Crippen molar-refractivity contribution in [2.75, 3.05) is 37.9 Å². The lowest BCUT2D eigenvalue weighted by Crippen LogP contribution is -2.35. The number of amides is 1. The number of nitrogens with zero attached hydrogens (tertiary/aromatic N) is 4. The van der Waals surface area contributed by atoms with Gasteiger partial charge < -0.3 is 19.3 Å². The largest absolute Gasteiger partial charge is 0.454 e. The van der Waals surface area contributed by atoms with E-state index in [1.54, 1.807) is 30.5 Å². The van der Waals surface area contributed by atoms with Gasteiger partial charge in [0.1, 0.15) is 11.9 Å². The molecule has 0 unspecified atom stereocenters. The second-order valence-corrected chi connectivity index (χ2v) is 6.22. The van der Waals surface area contributed by atoms with Gasteiger partial charge in [-0.15, -0.1) is 0 Å². The number of benzene rings is 1. The van der Waals surface area contributed by atoms with Crippen molar-refractivity contribution in [2.24, 2.45) is 0 Å². The molecule has 1 aromatic heterocycles. The molecule has 0 spiro atoms. The van der Waals surface area contributed by atoms with Crippen molar-refractivity contribution < 1.29 is 14.3 Å². The van der Waals surface area contributed by atoms with Gasteiger partial charge in [0.15, 0.2) is 11.5 Å². The van der Waals surface area contributed by atoms with Crippen LogP contribution in [0, 0.1) is 11.3 Å². The van der Waals surface area contributed by atoms with E-state index < -0.39 is 0 Å². The summed E-state index contributed by atoms with van der Waals surface area (Å²) in [6.45, 7) is 3.04. The number of nitriles is 1. The predicted molar refractivity (Wildman–Crippen MR) is 94.3 cm³/mol.